The Morgan fingerprint density at radius 2 is 1.70 bits per heavy atom. The average Bonchev–Trinajstić information content (AvgIpc) is 2.43. The number of nitrogens with one attached hydrogen (secondary N) is 1. The lowest BCUT2D eigenvalue weighted by Gasteiger charge is -2.24. The zero-order valence-electron chi connectivity index (χ0n) is 13.7. The minimum atomic E-state index is 0.351. The Labute approximate surface area is 123 Å². The van der Waals surface area contributed by atoms with Crippen molar-refractivity contribution < 1.29 is 9.47 Å². The molecule has 0 aliphatic rings. The largest absolute Gasteiger partial charge is 0.493 e. The maximum absolute atomic E-state index is 5.39. The SMILES string of the molecule is CCC(NC(C)CC(C)C)c1ccc(OC)c(OC)c1. The van der Waals surface area contributed by atoms with Crippen molar-refractivity contribution in [2.45, 2.75) is 52.6 Å². The molecule has 0 saturated carbocycles. The quantitative estimate of drug-likeness (QED) is 0.774. The fourth-order valence-electron chi connectivity index (χ4n) is 2.64. The van der Waals surface area contributed by atoms with E-state index in [1.165, 1.54) is 12.0 Å². The van der Waals surface area contributed by atoms with Gasteiger partial charge in [0.05, 0.1) is 14.2 Å². The summed E-state index contributed by atoms with van der Waals surface area (Å²) in [7, 11) is 3.34. The molecule has 0 bridgehead atoms. The van der Waals surface area contributed by atoms with Crippen LogP contribution >= 0.6 is 0 Å². The summed E-state index contributed by atoms with van der Waals surface area (Å²) >= 11 is 0. The molecule has 0 fully saturated rings. The van der Waals surface area contributed by atoms with Gasteiger partial charge >= 0.3 is 0 Å². The Kier molecular flexibility index (Phi) is 6.86. The first-order chi connectivity index (χ1) is 9.51. The van der Waals surface area contributed by atoms with Gasteiger partial charge in [-0.15, -0.1) is 0 Å². The molecule has 20 heavy (non-hydrogen) atoms. The lowest BCUT2D eigenvalue weighted by Crippen LogP contribution is -2.31. The van der Waals surface area contributed by atoms with Crippen LogP contribution in [0.3, 0.4) is 0 Å². The van der Waals surface area contributed by atoms with Crippen LogP contribution in [0, 0.1) is 5.92 Å². The van der Waals surface area contributed by atoms with Crippen molar-refractivity contribution >= 4 is 0 Å². The summed E-state index contributed by atoms with van der Waals surface area (Å²) in [4.78, 5) is 0. The molecule has 1 aromatic rings. The molecule has 0 aliphatic heterocycles. The van der Waals surface area contributed by atoms with Crippen LogP contribution in [-0.2, 0) is 0 Å². The maximum Gasteiger partial charge on any atom is 0.161 e. The highest BCUT2D eigenvalue weighted by Gasteiger charge is 2.15. The van der Waals surface area contributed by atoms with Crippen LogP contribution in [0.1, 0.15) is 52.1 Å². The van der Waals surface area contributed by atoms with Crippen LogP contribution in [0.5, 0.6) is 11.5 Å². The normalized spacial score (nSPS) is 14.2. The van der Waals surface area contributed by atoms with Gasteiger partial charge in [0, 0.05) is 12.1 Å². The van der Waals surface area contributed by atoms with Gasteiger partial charge in [-0.3, -0.25) is 0 Å². The number of hydrogen-bond donors (Lipinski definition) is 1. The Bertz CT molecular complexity index is 404. The second-order valence-electron chi connectivity index (χ2n) is 5.77. The number of benzene rings is 1. The second kappa shape index (κ2) is 8.15. The molecular formula is C17H29NO2. The molecule has 0 amide bonds. The van der Waals surface area contributed by atoms with Crippen molar-refractivity contribution in [1.29, 1.82) is 0 Å². The Balaban J connectivity index is 2.84. The predicted octanol–water partition coefficient (Wildman–Crippen LogP) is 4.18. The molecule has 1 rings (SSSR count). The first-order valence-corrected chi connectivity index (χ1v) is 7.49. The molecule has 0 spiro atoms. The molecule has 3 heteroatoms. The minimum Gasteiger partial charge on any atom is -0.493 e. The summed E-state index contributed by atoms with van der Waals surface area (Å²) in [6, 6.07) is 7.02. The van der Waals surface area contributed by atoms with Crippen LogP contribution < -0.4 is 14.8 Å². The van der Waals surface area contributed by atoms with E-state index >= 15 is 0 Å². The summed E-state index contributed by atoms with van der Waals surface area (Å²) in [6.45, 7) is 8.98. The van der Waals surface area contributed by atoms with Crippen molar-refractivity contribution in [3.63, 3.8) is 0 Å². The highest BCUT2D eigenvalue weighted by atomic mass is 16.5. The summed E-state index contributed by atoms with van der Waals surface area (Å²) in [6.07, 6.45) is 2.24. The standard InChI is InChI=1S/C17H29NO2/c1-7-15(18-13(4)10-12(2)3)14-8-9-16(19-5)17(11-14)20-6/h8-9,11-13,15,18H,7,10H2,1-6H3. The molecule has 0 saturated heterocycles. The van der Waals surface area contributed by atoms with Crippen LogP contribution in [0.15, 0.2) is 18.2 Å². The molecule has 2 unspecified atom stereocenters. The van der Waals surface area contributed by atoms with E-state index in [0.717, 1.165) is 17.9 Å². The zero-order chi connectivity index (χ0) is 15.1. The highest BCUT2D eigenvalue weighted by Crippen LogP contribution is 2.31. The zero-order valence-corrected chi connectivity index (χ0v) is 13.7. The van der Waals surface area contributed by atoms with Crippen molar-refractivity contribution in [3.05, 3.63) is 23.8 Å². The summed E-state index contributed by atoms with van der Waals surface area (Å²) < 4.78 is 10.7. The lowest BCUT2D eigenvalue weighted by molar-refractivity contribution is 0.351. The average molecular weight is 279 g/mol. The molecule has 0 radical (unpaired) electrons. The van der Waals surface area contributed by atoms with Gasteiger partial charge in [0.25, 0.3) is 0 Å². The molecule has 114 valence electrons. The smallest absolute Gasteiger partial charge is 0.161 e. The Morgan fingerprint density at radius 3 is 2.20 bits per heavy atom. The van der Waals surface area contributed by atoms with Crippen molar-refractivity contribution in [2.24, 2.45) is 5.92 Å². The Morgan fingerprint density at radius 1 is 1.05 bits per heavy atom. The molecule has 2 atom stereocenters. The van der Waals surface area contributed by atoms with E-state index in [4.69, 9.17) is 9.47 Å². The first kappa shape index (κ1) is 16.8. The van der Waals surface area contributed by atoms with Gasteiger partial charge in [-0.25, -0.2) is 0 Å². The van der Waals surface area contributed by atoms with Gasteiger partial charge in [-0.1, -0.05) is 26.8 Å². The van der Waals surface area contributed by atoms with Crippen LogP contribution in [-0.4, -0.2) is 20.3 Å². The topological polar surface area (TPSA) is 30.5 Å². The third-order valence-corrected chi connectivity index (χ3v) is 3.53. The van der Waals surface area contributed by atoms with Crippen molar-refractivity contribution in [1.82, 2.24) is 5.32 Å². The maximum atomic E-state index is 5.39. The van der Waals surface area contributed by atoms with Crippen molar-refractivity contribution in [3.8, 4) is 11.5 Å². The number of rotatable bonds is 8. The predicted molar refractivity (Wildman–Crippen MR) is 84.6 cm³/mol. The molecule has 3 nitrogen and oxygen atoms in total. The monoisotopic (exact) mass is 279 g/mol. The van der Waals surface area contributed by atoms with Gasteiger partial charge < -0.3 is 14.8 Å². The van der Waals surface area contributed by atoms with E-state index < -0.39 is 0 Å². The van der Waals surface area contributed by atoms with Gasteiger partial charge in [-0.05, 0) is 43.4 Å². The number of ether oxygens (including phenoxy) is 2. The summed E-state index contributed by atoms with van der Waals surface area (Å²) in [5.74, 6) is 2.28. The van der Waals surface area contributed by atoms with E-state index in [2.05, 4.69) is 45.1 Å². The minimum absolute atomic E-state index is 0.351. The molecule has 1 aromatic carbocycles. The van der Waals surface area contributed by atoms with Gasteiger partial charge in [0.15, 0.2) is 11.5 Å². The Hall–Kier alpha value is -1.22. The number of hydrogen-bond acceptors (Lipinski definition) is 3. The van der Waals surface area contributed by atoms with E-state index in [9.17, 15) is 0 Å². The third kappa shape index (κ3) is 4.71. The van der Waals surface area contributed by atoms with Crippen molar-refractivity contribution in [2.75, 3.05) is 14.2 Å². The fourth-order valence-corrected chi connectivity index (χ4v) is 2.64. The highest BCUT2D eigenvalue weighted by molar-refractivity contribution is 5.43. The van der Waals surface area contributed by atoms with Crippen LogP contribution in [0.2, 0.25) is 0 Å². The fraction of sp³-hybridized carbons (Fsp3) is 0.647. The van der Waals surface area contributed by atoms with E-state index in [-0.39, 0.29) is 0 Å². The van der Waals surface area contributed by atoms with Gasteiger partial charge in [-0.2, -0.15) is 0 Å². The van der Waals surface area contributed by atoms with Gasteiger partial charge in [0.1, 0.15) is 0 Å². The summed E-state index contributed by atoms with van der Waals surface area (Å²) in [5, 5.41) is 3.71. The molecule has 1 N–H and O–H groups in total. The number of methoxy groups -OCH3 is 2. The van der Waals surface area contributed by atoms with E-state index in [1.54, 1.807) is 14.2 Å². The van der Waals surface area contributed by atoms with E-state index in [0.29, 0.717) is 18.0 Å². The summed E-state index contributed by atoms with van der Waals surface area (Å²) in [5.41, 5.74) is 1.25. The lowest BCUT2D eigenvalue weighted by atomic mass is 10.00. The second-order valence-corrected chi connectivity index (χ2v) is 5.77. The molecule has 0 aliphatic carbocycles. The first-order valence-electron chi connectivity index (χ1n) is 7.49. The third-order valence-electron chi connectivity index (χ3n) is 3.53. The molecule has 0 aromatic heterocycles. The van der Waals surface area contributed by atoms with Gasteiger partial charge in [0.2, 0.25) is 0 Å². The molecular weight excluding hydrogens is 250 g/mol. The van der Waals surface area contributed by atoms with Crippen LogP contribution in [0.25, 0.3) is 0 Å². The van der Waals surface area contributed by atoms with Crippen LogP contribution in [0.4, 0.5) is 0 Å². The molecule has 0 heterocycles. The van der Waals surface area contributed by atoms with E-state index in [1.807, 2.05) is 6.07 Å².